The lowest BCUT2D eigenvalue weighted by Crippen LogP contribution is -1.92. The molecule has 0 saturated carbocycles. The van der Waals surface area contributed by atoms with Crippen molar-refractivity contribution in [3.05, 3.63) is 115 Å². The van der Waals surface area contributed by atoms with Crippen LogP contribution in [-0.2, 0) is 0 Å². The molecule has 6 nitrogen and oxygen atoms in total. The Bertz CT molecular complexity index is 2350. The van der Waals surface area contributed by atoms with Crippen LogP contribution >= 0.6 is 0 Å². The van der Waals surface area contributed by atoms with Crippen molar-refractivity contribution in [1.82, 2.24) is 0 Å². The van der Waals surface area contributed by atoms with Crippen LogP contribution in [0, 0.1) is 0 Å². The van der Waals surface area contributed by atoms with Gasteiger partial charge in [0.25, 0.3) is 0 Å². The lowest BCUT2D eigenvalue weighted by molar-refractivity contribution is 0.330. The van der Waals surface area contributed by atoms with E-state index >= 15 is 0 Å². The van der Waals surface area contributed by atoms with Gasteiger partial charge in [-0.1, -0.05) is 97.1 Å². The number of rotatable bonds is 3. The largest absolute Gasteiger partial charge is 0.504 e. The highest BCUT2D eigenvalue weighted by Gasteiger charge is 2.28. The summed E-state index contributed by atoms with van der Waals surface area (Å²) in [6.07, 6.45) is 0. The Morgan fingerprint density at radius 2 is 0.909 bits per heavy atom. The van der Waals surface area contributed by atoms with E-state index in [2.05, 4.69) is 30.3 Å². The predicted octanol–water partition coefficient (Wildman–Crippen LogP) is 9.42. The van der Waals surface area contributed by atoms with Crippen molar-refractivity contribution in [2.75, 3.05) is 0 Å². The van der Waals surface area contributed by atoms with Gasteiger partial charge in [0.2, 0.25) is 17.2 Å². The Kier molecular flexibility index (Phi) is 5.48. The van der Waals surface area contributed by atoms with Crippen molar-refractivity contribution in [2.24, 2.45) is 0 Å². The topological polar surface area (TPSA) is 114 Å². The number of phenols is 5. The molecule has 0 bridgehead atoms. The standard InChI is InChI=1S/C38H24O6/c39-34-33(35(40)37(42)38(43)36(34)41)32-24-13-6-4-11-22(24)30(23-12-5-7-14-25(23)32)26-15-8-16-29-31(26)27-19-21(17-18-28(27)44-29)20-9-2-1-3-10-20/h1-19,39-43H. The van der Waals surface area contributed by atoms with Crippen molar-refractivity contribution in [2.45, 2.75) is 0 Å². The molecular formula is C38H24O6. The quantitative estimate of drug-likeness (QED) is 0.0813. The Balaban J connectivity index is 1.52. The molecule has 5 N–H and O–H groups in total. The molecule has 0 atom stereocenters. The first-order valence-corrected chi connectivity index (χ1v) is 14.1. The first-order valence-electron chi connectivity index (χ1n) is 14.1. The molecule has 0 aliphatic heterocycles. The maximum absolute atomic E-state index is 11.0. The molecule has 0 aliphatic rings. The lowest BCUT2D eigenvalue weighted by atomic mass is 9.84. The smallest absolute Gasteiger partial charge is 0.208 e. The number of hydrogen-bond donors (Lipinski definition) is 5. The summed E-state index contributed by atoms with van der Waals surface area (Å²) in [4.78, 5) is 0. The van der Waals surface area contributed by atoms with Crippen LogP contribution in [0.1, 0.15) is 0 Å². The Hall–Kier alpha value is -6.14. The highest BCUT2D eigenvalue weighted by molar-refractivity contribution is 6.26. The van der Waals surface area contributed by atoms with Gasteiger partial charge in [0.15, 0.2) is 11.5 Å². The third kappa shape index (κ3) is 3.55. The molecule has 0 fully saturated rings. The lowest BCUT2D eigenvalue weighted by Gasteiger charge is -2.20. The van der Waals surface area contributed by atoms with E-state index in [0.717, 1.165) is 55.0 Å². The number of aromatic hydroxyl groups is 5. The van der Waals surface area contributed by atoms with Gasteiger partial charge < -0.3 is 29.9 Å². The van der Waals surface area contributed by atoms with Gasteiger partial charge in [-0.15, -0.1) is 0 Å². The van der Waals surface area contributed by atoms with E-state index in [-0.39, 0.29) is 5.56 Å². The van der Waals surface area contributed by atoms with E-state index in [1.54, 1.807) is 0 Å². The fourth-order valence-electron chi connectivity index (χ4n) is 6.46. The molecule has 1 heterocycles. The summed E-state index contributed by atoms with van der Waals surface area (Å²) in [6.45, 7) is 0. The molecule has 6 heteroatoms. The molecule has 7 aromatic carbocycles. The SMILES string of the molecule is Oc1c(O)c(O)c(-c2c3ccccc3c(-c3cccc4oc5ccc(-c6ccccc6)cc5c34)c3ccccc23)c(O)c1O. The van der Waals surface area contributed by atoms with Gasteiger partial charge in [-0.2, -0.15) is 0 Å². The maximum atomic E-state index is 11.0. The van der Waals surface area contributed by atoms with Crippen LogP contribution in [-0.4, -0.2) is 25.5 Å². The molecule has 44 heavy (non-hydrogen) atoms. The zero-order valence-corrected chi connectivity index (χ0v) is 23.1. The second kappa shape index (κ2) is 9.44. The molecule has 0 radical (unpaired) electrons. The molecular weight excluding hydrogens is 552 g/mol. The van der Waals surface area contributed by atoms with Gasteiger partial charge in [-0.25, -0.2) is 0 Å². The van der Waals surface area contributed by atoms with Crippen LogP contribution in [0.5, 0.6) is 28.7 Å². The average Bonchev–Trinajstić information content (AvgIpc) is 3.45. The fraction of sp³-hybridized carbons (Fsp3) is 0. The molecule has 8 rings (SSSR count). The molecule has 212 valence electrons. The van der Waals surface area contributed by atoms with Gasteiger partial charge >= 0.3 is 0 Å². The monoisotopic (exact) mass is 576 g/mol. The molecule has 0 amide bonds. The first-order chi connectivity index (χ1) is 21.4. The summed E-state index contributed by atoms with van der Waals surface area (Å²) in [5.41, 5.74) is 5.75. The maximum Gasteiger partial charge on any atom is 0.208 e. The minimum absolute atomic E-state index is 0.184. The molecule has 0 spiro atoms. The van der Waals surface area contributed by atoms with E-state index in [1.165, 1.54) is 0 Å². The van der Waals surface area contributed by atoms with Crippen molar-refractivity contribution in [3.63, 3.8) is 0 Å². The predicted molar refractivity (Wildman–Crippen MR) is 173 cm³/mol. The average molecular weight is 577 g/mol. The van der Waals surface area contributed by atoms with E-state index in [1.807, 2.05) is 84.9 Å². The van der Waals surface area contributed by atoms with Crippen molar-refractivity contribution >= 4 is 43.5 Å². The van der Waals surface area contributed by atoms with Gasteiger partial charge in [0, 0.05) is 16.3 Å². The zero-order chi connectivity index (χ0) is 30.1. The summed E-state index contributed by atoms with van der Waals surface area (Å²) in [6, 6.07) is 37.5. The third-order valence-corrected chi connectivity index (χ3v) is 8.42. The highest BCUT2D eigenvalue weighted by Crippen LogP contribution is 2.58. The molecule has 1 aromatic heterocycles. The third-order valence-electron chi connectivity index (χ3n) is 8.42. The number of phenolic OH excluding ortho intramolecular Hbond substituents is 5. The number of benzene rings is 7. The van der Waals surface area contributed by atoms with E-state index < -0.39 is 28.7 Å². The molecule has 0 saturated heterocycles. The Morgan fingerprint density at radius 3 is 1.52 bits per heavy atom. The number of furan rings is 1. The second-order valence-corrected chi connectivity index (χ2v) is 10.8. The fourth-order valence-corrected chi connectivity index (χ4v) is 6.46. The van der Waals surface area contributed by atoms with Crippen LogP contribution in [0.15, 0.2) is 120 Å². The Morgan fingerprint density at radius 1 is 0.364 bits per heavy atom. The summed E-state index contributed by atoms with van der Waals surface area (Å²) in [7, 11) is 0. The minimum Gasteiger partial charge on any atom is -0.504 e. The van der Waals surface area contributed by atoms with Crippen molar-refractivity contribution in [3.8, 4) is 62.1 Å². The van der Waals surface area contributed by atoms with Crippen molar-refractivity contribution in [1.29, 1.82) is 0 Å². The molecule has 0 aliphatic carbocycles. The summed E-state index contributed by atoms with van der Waals surface area (Å²) in [5.74, 6) is -4.32. The molecule has 0 unspecified atom stereocenters. The van der Waals surface area contributed by atoms with E-state index in [0.29, 0.717) is 16.3 Å². The first kappa shape index (κ1) is 25.6. The summed E-state index contributed by atoms with van der Waals surface area (Å²) < 4.78 is 6.35. The highest BCUT2D eigenvalue weighted by atomic mass is 16.4. The number of fused-ring (bicyclic) bond motifs is 5. The van der Waals surface area contributed by atoms with Crippen LogP contribution in [0.3, 0.4) is 0 Å². The van der Waals surface area contributed by atoms with Crippen LogP contribution in [0.2, 0.25) is 0 Å². The van der Waals surface area contributed by atoms with Gasteiger partial charge in [-0.05, 0) is 62.0 Å². The zero-order valence-electron chi connectivity index (χ0n) is 23.1. The van der Waals surface area contributed by atoms with E-state index in [4.69, 9.17) is 4.42 Å². The van der Waals surface area contributed by atoms with Crippen molar-refractivity contribution < 1.29 is 29.9 Å². The van der Waals surface area contributed by atoms with Gasteiger partial charge in [-0.3, -0.25) is 0 Å². The minimum atomic E-state index is -0.998. The summed E-state index contributed by atoms with van der Waals surface area (Å²) >= 11 is 0. The van der Waals surface area contributed by atoms with Crippen LogP contribution in [0.4, 0.5) is 0 Å². The normalized spacial score (nSPS) is 11.6. The van der Waals surface area contributed by atoms with Crippen LogP contribution in [0.25, 0.3) is 76.9 Å². The van der Waals surface area contributed by atoms with Gasteiger partial charge in [0.05, 0.1) is 5.56 Å². The second-order valence-electron chi connectivity index (χ2n) is 10.8. The summed E-state index contributed by atoms with van der Waals surface area (Å²) in [5, 5.41) is 57.9. The van der Waals surface area contributed by atoms with Gasteiger partial charge in [0.1, 0.15) is 11.2 Å². The number of hydrogen-bond acceptors (Lipinski definition) is 6. The van der Waals surface area contributed by atoms with E-state index in [9.17, 15) is 25.5 Å². The molecule has 8 aromatic rings. The Labute approximate surface area is 250 Å². The van der Waals surface area contributed by atoms with Crippen LogP contribution < -0.4 is 0 Å².